The molecule has 22 heavy (non-hydrogen) atoms. The van der Waals surface area contributed by atoms with Crippen LogP contribution in [0, 0.1) is 0 Å². The lowest BCUT2D eigenvalue weighted by Gasteiger charge is -2.32. The van der Waals surface area contributed by atoms with Crippen LogP contribution in [0.5, 0.6) is 0 Å². The van der Waals surface area contributed by atoms with Crippen molar-refractivity contribution in [1.82, 2.24) is 0 Å². The van der Waals surface area contributed by atoms with E-state index in [0.717, 1.165) is 16.8 Å². The molecule has 1 atom stereocenters. The quantitative estimate of drug-likeness (QED) is 0.780. The second-order valence-corrected chi connectivity index (χ2v) is 7.16. The van der Waals surface area contributed by atoms with Crippen LogP contribution in [-0.2, 0) is 14.1 Å². The highest BCUT2D eigenvalue weighted by molar-refractivity contribution is 6.64. The fourth-order valence-corrected chi connectivity index (χ4v) is 2.78. The molecule has 0 spiro atoms. The lowest BCUT2D eigenvalue weighted by Crippen LogP contribution is -2.41. The maximum absolute atomic E-state index is 11.9. The topological polar surface area (TPSA) is 59.6 Å². The Balaban J connectivity index is 2.00. The average molecular weight is 302 g/mol. The number of rotatable bonds is 1. The average Bonchev–Trinajstić information content (AvgIpc) is 2.51. The van der Waals surface area contributed by atoms with Crippen LogP contribution in [0.2, 0.25) is 0 Å². The van der Waals surface area contributed by atoms with Crippen molar-refractivity contribution >= 4 is 29.9 Å². The normalized spacial score (nSPS) is 26.0. The number of nitrogens with one attached hydrogen (secondary N) is 2. The van der Waals surface area contributed by atoms with E-state index >= 15 is 0 Å². The van der Waals surface area contributed by atoms with Gasteiger partial charge in [-0.25, -0.2) is 0 Å². The zero-order valence-electron chi connectivity index (χ0n) is 13.8. The molecule has 118 valence electrons. The van der Waals surface area contributed by atoms with E-state index in [1.807, 2.05) is 52.8 Å². The molecule has 2 aliphatic rings. The van der Waals surface area contributed by atoms with Crippen molar-refractivity contribution < 1.29 is 14.1 Å². The Morgan fingerprint density at radius 1 is 1.18 bits per heavy atom. The van der Waals surface area contributed by atoms with E-state index in [9.17, 15) is 4.79 Å². The number of carbonyl (C=O) groups excluding carboxylic acids is 1. The van der Waals surface area contributed by atoms with E-state index in [4.69, 9.17) is 9.31 Å². The summed E-state index contributed by atoms with van der Waals surface area (Å²) in [7, 11) is -0.449. The van der Waals surface area contributed by atoms with Crippen molar-refractivity contribution in [3.63, 3.8) is 0 Å². The summed E-state index contributed by atoms with van der Waals surface area (Å²) >= 11 is 0. The van der Waals surface area contributed by atoms with Gasteiger partial charge in [-0.2, -0.15) is 0 Å². The predicted molar refractivity (Wildman–Crippen MR) is 88.5 cm³/mol. The molecule has 3 rings (SSSR count). The van der Waals surface area contributed by atoms with Crippen LogP contribution in [0.1, 0.15) is 41.0 Å². The summed E-state index contributed by atoms with van der Waals surface area (Å²) in [6, 6.07) is 5.85. The minimum atomic E-state index is -0.449. The van der Waals surface area contributed by atoms with Crippen LogP contribution in [0.15, 0.2) is 18.2 Å². The Hall–Kier alpha value is -1.53. The fraction of sp³-hybridized carbons (Fsp3) is 0.562. The highest BCUT2D eigenvalue weighted by Crippen LogP contribution is 2.38. The Labute approximate surface area is 131 Å². The molecule has 1 amide bonds. The van der Waals surface area contributed by atoms with Gasteiger partial charge in [0.2, 0.25) is 5.91 Å². The molecule has 2 aliphatic heterocycles. The maximum atomic E-state index is 11.9. The first-order valence-corrected chi connectivity index (χ1v) is 7.74. The van der Waals surface area contributed by atoms with Gasteiger partial charge in [0.15, 0.2) is 0 Å². The highest BCUT2D eigenvalue weighted by atomic mass is 16.7. The van der Waals surface area contributed by atoms with Crippen molar-refractivity contribution in [1.29, 1.82) is 0 Å². The summed E-state index contributed by atoms with van der Waals surface area (Å²) in [5.74, 6) is 0.0184. The second kappa shape index (κ2) is 5.00. The van der Waals surface area contributed by atoms with E-state index in [0.29, 0.717) is 6.42 Å². The largest absolute Gasteiger partial charge is 0.497 e. The molecule has 0 aliphatic carbocycles. The molecule has 6 heteroatoms. The molecular formula is C16H23BN2O3. The van der Waals surface area contributed by atoms with Gasteiger partial charge in [0, 0.05) is 17.9 Å². The van der Waals surface area contributed by atoms with Crippen molar-refractivity contribution in [2.45, 2.75) is 58.3 Å². The van der Waals surface area contributed by atoms with Crippen LogP contribution in [0.25, 0.3) is 0 Å². The summed E-state index contributed by atoms with van der Waals surface area (Å²) in [6.45, 7) is 10.1. The highest BCUT2D eigenvalue weighted by Gasteiger charge is 2.52. The Morgan fingerprint density at radius 2 is 1.82 bits per heavy atom. The lowest BCUT2D eigenvalue weighted by atomic mass is 9.77. The minimum absolute atomic E-state index is 0.0184. The SMILES string of the molecule is C[C@@H]1CC(=O)Nc2cccc(B3OC(C)(C)C(C)(C)O3)c2N1. The lowest BCUT2D eigenvalue weighted by molar-refractivity contribution is -0.116. The van der Waals surface area contributed by atoms with E-state index in [-0.39, 0.29) is 23.2 Å². The third kappa shape index (κ3) is 2.50. The van der Waals surface area contributed by atoms with Crippen molar-refractivity contribution in [2.75, 3.05) is 10.6 Å². The van der Waals surface area contributed by atoms with E-state index in [2.05, 4.69) is 10.6 Å². The summed E-state index contributed by atoms with van der Waals surface area (Å²) in [5.41, 5.74) is 1.81. The molecule has 2 N–H and O–H groups in total. The standard InChI is InChI=1S/C16H23BN2O3/c1-10-9-13(20)19-12-8-6-7-11(14(12)18-10)17-21-15(2,3)16(4,5)22-17/h6-8,10,18H,9H2,1-5H3,(H,19,20)/t10-/m1/s1. The molecular weight excluding hydrogens is 279 g/mol. The third-order valence-corrected chi connectivity index (χ3v) is 4.76. The molecule has 1 saturated heterocycles. The van der Waals surface area contributed by atoms with Crippen LogP contribution in [-0.4, -0.2) is 30.3 Å². The number of amides is 1. The molecule has 1 aromatic carbocycles. The first kappa shape index (κ1) is 15.4. The first-order valence-electron chi connectivity index (χ1n) is 7.74. The van der Waals surface area contributed by atoms with Gasteiger partial charge < -0.3 is 19.9 Å². The first-order chi connectivity index (χ1) is 10.2. The van der Waals surface area contributed by atoms with Crippen LogP contribution in [0.4, 0.5) is 11.4 Å². The zero-order valence-corrected chi connectivity index (χ0v) is 13.8. The number of carbonyl (C=O) groups is 1. The summed E-state index contributed by atoms with van der Waals surface area (Å²) < 4.78 is 12.3. The molecule has 0 radical (unpaired) electrons. The molecule has 0 unspecified atom stereocenters. The number of fused-ring (bicyclic) bond motifs is 1. The van der Waals surface area contributed by atoms with Gasteiger partial charge in [0.05, 0.1) is 22.6 Å². The number of hydrogen-bond acceptors (Lipinski definition) is 4. The van der Waals surface area contributed by atoms with Crippen LogP contribution < -0.4 is 16.1 Å². The van der Waals surface area contributed by atoms with Gasteiger partial charge in [-0.15, -0.1) is 0 Å². The number of benzene rings is 1. The number of para-hydroxylation sites is 1. The van der Waals surface area contributed by atoms with Crippen molar-refractivity contribution in [3.8, 4) is 0 Å². The van der Waals surface area contributed by atoms with Crippen molar-refractivity contribution in [2.24, 2.45) is 0 Å². The van der Waals surface area contributed by atoms with Gasteiger partial charge in [-0.05, 0) is 40.7 Å². The van der Waals surface area contributed by atoms with E-state index in [1.54, 1.807) is 0 Å². The number of hydrogen-bond donors (Lipinski definition) is 2. The molecule has 0 saturated carbocycles. The van der Waals surface area contributed by atoms with Gasteiger partial charge in [-0.3, -0.25) is 4.79 Å². The molecule has 0 bridgehead atoms. The Morgan fingerprint density at radius 3 is 2.45 bits per heavy atom. The zero-order chi connectivity index (χ0) is 16.1. The Kier molecular flexibility index (Phi) is 3.49. The third-order valence-electron chi connectivity index (χ3n) is 4.76. The summed E-state index contributed by atoms with van der Waals surface area (Å²) in [6.07, 6.45) is 0.442. The Bertz CT molecular complexity index is 599. The molecule has 2 heterocycles. The molecule has 0 aromatic heterocycles. The van der Waals surface area contributed by atoms with Crippen molar-refractivity contribution in [3.05, 3.63) is 18.2 Å². The summed E-state index contributed by atoms with van der Waals surface area (Å²) in [4.78, 5) is 11.9. The smallest absolute Gasteiger partial charge is 0.399 e. The van der Waals surface area contributed by atoms with Gasteiger partial charge in [0.1, 0.15) is 0 Å². The molecule has 1 fully saturated rings. The molecule has 5 nitrogen and oxygen atoms in total. The van der Waals surface area contributed by atoms with Gasteiger partial charge in [0.25, 0.3) is 0 Å². The van der Waals surface area contributed by atoms with E-state index < -0.39 is 7.12 Å². The fourth-order valence-electron chi connectivity index (χ4n) is 2.78. The summed E-state index contributed by atoms with van der Waals surface area (Å²) in [5, 5.41) is 6.36. The maximum Gasteiger partial charge on any atom is 0.497 e. The van der Waals surface area contributed by atoms with Gasteiger partial charge in [-0.1, -0.05) is 12.1 Å². The van der Waals surface area contributed by atoms with E-state index in [1.165, 1.54) is 0 Å². The van der Waals surface area contributed by atoms with Crippen LogP contribution >= 0.6 is 0 Å². The number of anilines is 2. The predicted octanol–water partition coefficient (Wildman–Crippen LogP) is 2.13. The van der Waals surface area contributed by atoms with Crippen LogP contribution in [0.3, 0.4) is 0 Å². The monoisotopic (exact) mass is 302 g/mol. The van der Waals surface area contributed by atoms with Gasteiger partial charge >= 0.3 is 7.12 Å². The molecule has 1 aromatic rings. The second-order valence-electron chi connectivity index (χ2n) is 7.16. The minimum Gasteiger partial charge on any atom is -0.399 e.